The molecule has 0 spiro atoms. The summed E-state index contributed by atoms with van der Waals surface area (Å²) in [7, 11) is 0. The summed E-state index contributed by atoms with van der Waals surface area (Å²) < 4.78 is 24.0. The van der Waals surface area contributed by atoms with E-state index in [1.54, 1.807) is 19.1 Å². The third-order valence-corrected chi connectivity index (χ3v) is 2.57. The summed E-state index contributed by atoms with van der Waals surface area (Å²) in [5.74, 6) is 0.482. The molecule has 1 unspecified atom stereocenters. The number of ether oxygens (including phenoxy) is 2. The van der Waals surface area contributed by atoms with E-state index in [-0.39, 0.29) is 11.9 Å². The summed E-state index contributed by atoms with van der Waals surface area (Å²) in [6, 6.07) is 4.76. The predicted octanol–water partition coefficient (Wildman–Crippen LogP) is 1.50. The third kappa shape index (κ3) is 2.93. The minimum Gasteiger partial charge on any atom is -0.491 e. The Hall–Kier alpha value is -1.13. The highest BCUT2D eigenvalue weighted by molar-refractivity contribution is 5.28. The van der Waals surface area contributed by atoms with Crippen molar-refractivity contribution >= 4 is 0 Å². The number of hydrogen-bond donors (Lipinski definition) is 1. The molecule has 1 heterocycles. The molecular weight excluding hydrogens is 209 g/mol. The first-order valence-electron chi connectivity index (χ1n) is 5.47. The molecule has 1 saturated heterocycles. The zero-order valence-electron chi connectivity index (χ0n) is 9.33. The van der Waals surface area contributed by atoms with Crippen molar-refractivity contribution in [2.45, 2.75) is 13.0 Å². The van der Waals surface area contributed by atoms with E-state index in [9.17, 15) is 4.39 Å². The van der Waals surface area contributed by atoms with Crippen LogP contribution in [0.1, 0.15) is 5.56 Å². The highest BCUT2D eigenvalue weighted by atomic mass is 19.1. The summed E-state index contributed by atoms with van der Waals surface area (Å²) in [6.07, 6.45) is 0.0825. The van der Waals surface area contributed by atoms with Crippen LogP contribution in [-0.4, -0.2) is 32.4 Å². The van der Waals surface area contributed by atoms with E-state index in [1.807, 2.05) is 0 Å². The van der Waals surface area contributed by atoms with Gasteiger partial charge in [-0.05, 0) is 30.7 Å². The van der Waals surface area contributed by atoms with Crippen molar-refractivity contribution in [2.24, 2.45) is 0 Å². The Morgan fingerprint density at radius 3 is 3.12 bits per heavy atom. The molecule has 0 amide bonds. The molecule has 1 fully saturated rings. The van der Waals surface area contributed by atoms with Gasteiger partial charge in [-0.15, -0.1) is 0 Å². The van der Waals surface area contributed by atoms with Crippen molar-refractivity contribution in [2.75, 3.05) is 26.3 Å². The second-order valence-electron chi connectivity index (χ2n) is 3.92. The van der Waals surface area contributed by atoms with Crippen LogP contribution in [0.5, 0.6) is 5.75 Å². The minimum atomic E-state index is -0.206. The zero-order valence-corrected chi connectivity index (χ0v) is 9.33. The van der Waals surface area contributed by atoms with Crippen LogP contribution in [0.2, 0.25) is 0 Å². The molecule has 1 N–H and O–H groups in total. The van der Waals surface area contributed by atoms with Gasteiger partial charge in [-0.1, -0.05) is 0 Å². The Labute approximate surface area is 94.6 Å². The fraction of sp³-hybridized carbons (Fsp3) is 0.500. The van der Waals surface area contributed by atoms with Crippen LogP contribution in [-0.2, 0) is 4.74 Å². The lowest BCUT2D eigenvalue weighted by molar-refractivity contribution is 0.000171. The quantitative estimate of drug-likeness (QED) is 0.845. The van der Waals surface area contributed by atoms with Crippen LogP contribution in [0.4, 0.5) is 4.39 Å². The average Bonchev–Trinajstić information content (AvgIpc) is 2.32. The van der Waals surface area contributed by atoms with Crippen molar-refractivity contribution in [3.05, 3.63) is 29.6 Å². The van der Waals surface area contributed by atoms with Crippen molar-refractivity contribution in [1.29, 1.82) is 0 Å². The molecule has 0 aromatic heterocycles. The normalized spacial score (nSPS) is 20.8. The van der Waals surface area contributed by atoms with Crippen LogP contribution in [0.25, 0.3) is 0 Å². The van der Waals surface area contributed by atoms with Crippen LogP contribution < -0.4 is 10.1 Å². The first kappa shape index (κ1) is 11.4. The van der Waals surface area contributed by atoms with Gasteiger partial charge in [-0.2, -0.15) is 0 Å². The Morgan fingerprint density at radius 2 is 2.44 bits per heavy atom. The molecular formula is C12H16FNO2. The zero-order chi connectivity index (χ0) is 11.4. The lowest BCUT2D eigenvalue weighted by atomic mass is 10.2. The fourth-order valence-corrected chi connectivity index (χ4v) is 1.62. The van der Waals surface area contributed by atoms with E-state index < -0.39 is 0 Å². The maximum absolute atomic E-state index is 13.0. The SMILES string of the molecule is Cc1cc(OCC2CNCCO2)ccc1F. The number of benzene rings is 1. The number of rotatable bonds is 3. The summed E-state index contributed by atoms with van der Waals surface area (Å²) in [4.78, 5) is 0. The summed E-state index contributed by atoms with van der Waals surface area (Å²) in [5, 5.41) is 3.23. The van der Waals surface area contributed by atoms with E-state index in [0.29, 0.717) is 17.9 Å². The molecule has 1 aliphatic rings. The van der Waals surface area contributed by atoms with Crippen molar-refractivity contribution in [3.8, 4) is 5.75 Å². The lowest BCUT2D eigenvalue weighted by Crippen LogP contribution is -2.41. The first-order chi connectivity index (χ1) is 7.75. The van der Waals surface area contributed by atoms with Gasteiger partial charge >= 0.3 is 0 Å². The van der Waals surface area contributed by atoms with Crippen molar-refractivity contribution < 1.29 is 13.9 Å². The molecule has 4 heteroatoms. The number of aryl methyl sites for hydroxylation is 1. The summed E-state index contributed by atoms with van der Waals surface area (Å²) in [6.45, 7) is 4.64. The Bertz CT molecular complexity index is 351. The van der Waals surface area contributed by atoms with E-state index in [4.69, 9.17) is 9.47 Å². The highest BCUT2D eigenvalue weighted by Gasteiger charge is 2.13. The maximum Gasteiger partial charge on any atom is 0.126 e. The van der Waals surface area contributed by atoms with Gasteiger partial charge in [0.25, 0.3) is 0 Å². The van der Waals surface area contributed by atoms with Crippen LogP contribution in [0, 0.1) is 12.7 Å². The molecule has 0 saturated carbocycles. The number of hydrogen-bond acceptors (Lipinski definition) is 3. The largest absolute Gasteiger partial charge is 0.491 e. The standard InChI is InChI=1S/C12H16FNO2/c1-9-6-10(2-3-12(9)13)16-8-11-7-14-4-5-15-11/h2-3,6,11,14H,4-5,7-8H2,1H3. The molecule has 1 atom stereocenters. The number of nitrogens with one attached hydrogen (secondary N) is 1. The van der Waals surface area contributed by atoms with Gasteiger partial charge in [0.1, 0.15) is 24.3 Å². The van der Waals surface area contributed by atoms with E-state index in [1.165, 1.54) is 6.07 Å². The molecule has 0 radical (unpaired) electrons. The monoisotopic (exact) mass is 225 g/mol. The number of halogens is 1. The molecule has 2 rings (SSSR count). The average molecular weight is 225 g/mol. The molecule has 1 aromatic carbocycles. The highest BCUT2D eigenvalue weighted by Crippen LogP contribution is 2.16. The van der Waals surface area contributed by atoms with Gasteiger partial charge in [-0.3, -0.25) is 0 Å². The maximum atomic E-state index is 13.0. The molecule has 16 heavy (non-hydrogen) atoms. The van der Waals surface area contributed by atoms with Crippen molar-refractivity contribution in [1.82, 2.24) is 5.32 Å². The van der Waals surface area contributed by atoms with Crippen LogP contribution in [0.15, 0.2) is 18.2 Å². The fourth-order valence-electron chi connectivity index (χ4n) is 1.62. The molecule has 1 aliphatic heterocycles. The molecule has 0 aliphatic carbocycles. The Morgan fingerprint density at radius 1 is 1.56 bits per heavy atom. The predicted molar refractivity (Wildman–Crippen MR) is 59.2 cm³/mol. The van der Waals surface area contributed by atoms with Gasteiger partial charge in [0, 0.05) is 13.1 Å². The van der Waals surface area contributed by atoms with E-state index in [0.717, 1.165) is 19.7 Å². The third-order valence-electron chi connectivity index (χ3n) is 2.57. The van der Waals surface area contributed by atoms with Crippen LogP contribution >= 0.6 is 0 Å². The van der Waals surface area contributed by atoms with E-state index >= 15 is 0 Å². The van der Waals surface area contributed by atoms with Gasteiger partial charge < -0.3 is 14.8 Å². The number of morpholine rings is 1. The second-order valence-corrected chi connectivity index (χ2v) is 3.92. The smallest absolute Gasteiger partial charge is 0.126 e. The minimum absolute atomic E-state index is 0.0825. The molecule has 1 aromatic rings. The van der Waals surface area contributed by atoms with Crippen LogP contribution in [0.3, 0.4) is 0 Å². The van der Waals surface area contributed by atoms with Gasteiger partial charge in [0.05, 0.1) is 6.61 Å². The second kappa shape index (κ2) is 5.27. The summed E-state index contributed by atoms with van der Waals surface area (Å²) >= 11 is 0. The van der Waals surface area contributed by atoms with Gasteiger partial charge in [-0.25, -0.2) is 4.39 Å². The molecule has 0 bridgehead atoms. The van der Waals surface area contributed by atoms with Gasteiger partial charge in [0.15, 0.2) is 0 Å². The first-order valence-corrected chi connectivity index (χ1v) is 5.47. The Balaban J connectivity index is 1.86. The lowest BCUT2D eigenvalue weighted by Gasteiger charge is -2.23. The molecule has 88 valence electrons. The molecule has 3 nitrogen and oxygen atoms in total. The summed E-state index contributed by atoms with van der Waals surface area (Å²) in [5.41, 5.74) is 0.597. The Kier molecular flexibility index (Phi) is 3.74. The van der Waals surface area contributed by atoms with E-state index in [2.05, 4.69) is 5.32 Å². The topological polar surface area (TPSA) is 30.5 Å². The van der Waals surface area contributed by atoms with Crippen molar-refractivity contribution in [3.63, 3.8) is 0 Å². The van der Waals surface area contributed by atoms with Gasteiger partial charge in [0.2, 0.25) is 0 Å².